The van der Waals surface area contributed by atoms with Crippen LogP contribution in [0.3, 0.4) is 0 Å². The van der Waals surface area contributed by atoms with Gasteiger partial charge in [-0.05, 0) is 48.7 Å². The number of aryl methyl sites for hydroxylation is 2. The van der Waals surface area contributed by atoms with Gasteiger partial charge in [0.25, 0.3) is 0 Å². The monoisotopic (exact) mass is 378 g/mol. The van der Waals surface area contributed by atoms with Crippen molar-refractivity contribution in [2.75, 3.05) is 13.1 Å². The van der Waals surface area contributed by atoms with Gasteiger partial charge in [0.15, 0.2) is 0 Å². The Labute approximate surface area is 152 Å². The fourth-order valence-corrected chi connectivity index (χ4v) is 5.10. The second-order valence-corrected chi connectivity index (χ2v) is 8.43. The van der Waals surface area contributed by atoms with Crippen LogP contribution in [0.2, 0.25) is 5.02 Å². The number of nitrogens with zero attached hydrogens (tertiary/aromatic N) is 1. The molecule has 3 rings (SSSR count). The number of sulfonamides is 1. The molecule has 1 fully saturated rings. The molecule has 1 saturated heterocycles. The average molecular weight is 379 g/mol. The maximum absolute atomic E-state index is 13.3. The Bertz CT molecular complexity index is 928. The third kappa shape index (κ3) is 3.42. The highest BCUT2D eigenvalue weighted by molar-refractivity contribution is 7.89. The number of benzene rings is 2. The number of hydrogen-bond acceptors (Lipinski definition) is 3. The van der Waals surface area contributed by atoms with Gasteiger partial charge in [0.05, 0.1) is 4.90 Å². The van der Waals surface area contributed by atoms with Crippen molar-refractivity contribution in [2.24, 2.45) is 0 Å². The Kier molecular flexibility index (Phi) is 4.86. The number of carbonyl (C=O) groups is 1. The normalized spacial score (nSPS) is 18.8. The zero-order chi connectivity index (χ0) is 18.2. The van der Waals surface area contributed by atoms with Crippen molar-refractivity contribution in [2.45, 2.75) is 24.8 Å². The molecular weight excluding hydrogens is 360 g/mol. The first kappa shape index (κ1) is 17.9. The highest BCUT2D eigenvalue weighted by Crippen LogP contribution is 2.32. The molecule has 0 aromatic heterocycles. The van der Waals surface area contributed by atoms with Crippen LogP contribution in [0.25, 0.3) is 0 Å². The van der Waals surface area contributed by atoms with Gasteiger partial charge in [-0.25, -0.2) is 8.42 Å². The summed E-state index contributed by atoms with van der Waals surface area (Å²) >= 11 is 6.04. The number of rotatable bonds is 3. The number of amides is 1. The second kappa shape index (κ2) is 6.78. The van der Waals surface area contributed by atoms with E-state index >= 15 is 0 Å². The average Bonchev–Trinajstić information content (AvgIpc) is 2.56. The van der Waals surface area contributed by atoms with Crippen LogP contribution in [0.4, 0.5) is 0 Å². The van der Waals surface area contributed by atoms with E-state index in [0.717, 1.165) is 5.56 Å². The van der Waals surface area contributed by atoms with E-state index in [1.807, 2.05) is 13.0 Å². The van der Waals surface area contributed by atoms with Crippen molar-refractivity contribution in [1.82, 2.24) is 9.62 Å². The van der Waals surface area contributed by atoms with Crippen LogP contribution in [-0.2, 0) is 14.8 Å². The van der Waals surface area contributed by atoms with Crippen LogP contribution >= 0.6 is 11.6 Å². The lowest BCUT2D eigenvalue weighted by molar-refractivity contribution is -0.126. The van der Waals surface area contributed by atoms with Gasteiger partial charge in [0.1, 0.15) is 6.04 Å². The third-order valence-electron chi connectivity index (χ3n) is 4.26. The van der Waals surface area contributed by atoms with Crippen molar-refractivity contribution in [1.29, 1.82) is 0 Å². The predicted molar refractivity (Wildman–Crippen MR) is 97.0 cm³/mol. The molecule has 0 aliphatic carbocycles. The molecule has 2 aromatic carbocycles. The van der Waals surface area contributed by atoms with Crippen molar-refractivity contribution in [3.63, 3.8) is 0 Å². The number of halogens is 1. The van der Waals surface area contributed by atoms with Crippen LogP contribution in [0, 0.1) is 13.8 Å². The van der Waals surface area contributed by atoms with Gasteiger partial charge >= 0.3 is 0 Å². The minimum atomic E-state index is -3.83. The molecule has 1 aliphatic heterocycles. The molecule has 0 spiro atoms. The lowest BCUT2D eigenvalue weighted by Crippen LogP contribution is -2.52. The van der Waals surface area contributed by atoms with E-state index in [-0.39, 0.29) is 23.9 Å². The Morgan fingerprint density at radius 1 is 1.16 bits per heavy atom. The van der Waals surface area contributed by atoms with E-state index < -0.39 is 16.1 Å². The summed E-state index contributed by atoms with van der Waals surface area (Å²) in [6.45, 7) is 4.08. The number of nitrogens with one attached hydrogen (secondary N) is 1. The predicted octanol–water partition coefficient (Wildman–Crippen LogP) is 2.82. The third-order valence-corrected chi connectivity index (χ3v) is 6.50. The lowest BCUT2D eigenvalue weighted by Gasteiger charge is -2.34. The molecule has 1 aliphatic rings. The minimum Gasteiger partial charge on any atom is -0.353 e. The Morgan fingerprint density at radius 2 is 1.92 bits per heavy atom. The summed E-state index contributed by atoms with van der Waals surface area (Å²) in [7, 11) is -3.83. The maximum atomic E-state index is 13.3. The molecule has 1 amide bonds. The molecule has 0 bridgehead atoms. The van der Waals surface area contributed by atoms with Gasteiger partial charge in [0, 0.05) is 18.1 Å². The fraction of sp³-hybridized carbons (Fsp3) is 0.278. The summed E-state index contributed by atoms with van der Waals surface area (Å²) < 4.78 is 27.8. The number of hydrogen-bond donors (Lipinski definition) is 1. The standard InChI is InChI=1S/C18H19ClN2O3S/c1-12-6-7-13(2)16(10-12)25(23,24)21-9-8-20-18(22)17(21)14-4-3-5-15(19)11-14/h3-7,10-11,17H,8-9H2,1-2H3,(H,20,22). The van der Waals surface area contributed by atoms with Crippen LogP contribution in [-0.4, -0.2) is 31.7 Å². The van der Waals surface area contributed by atoms with Crippen LogP contribution in [0.1, 0.15) is 22.7 Å². The molecule has 0 radical (unpaired) electrons. The summed E-state index contributed by atoms with van der Waals surface area (Å²) in [5.41, 5.74) is 2.06. The van der Waals surface area contributed by atoms with Crippen LogP contribution < -0.4 is 5.32 Å². The summed E-state index contributed by atoms with van der Waals surface area (Å²) in [5, 5.41) is 3.20. The van der Waals surface area contributed by atoms with Crippen molar-refractivity contribution in [3.8, 4) is 0 Å². The second-order valence-electron chi connectivity index (χ2n) is 6.13. The molecule has 1 atom stereocenters. The van der Waals surface area contributed by atoms with Crippen molar-refractivity contribution < 1.29 is 13.2 Å². The van der Waals surface area contributed by atoms with E-state index in [2.05, 4.69) is 5.32 Å². The molecule has 132 valence electrons. The maximum Gasteiger partial charge on any atom is 0.244 e. The molecule has 25 heavy (non-hydrogen) atoms. The summed E-state index contributed by atoms with van der Waals surface area (Å²) in [4.78, 5) is 12.7. The van der Waals surface area contributed by atoms with Gasteiger partial charge in [-0.3, -0.25) is 4.79 Å². The van der Waals surface area contributed by atoms with Crippen LogP contribution in [0.15, 0.2) is 47.4 Å². The van der Waals surface area contributed by atoms with Crippen molar-refractivity contribution in [3.05, 3.63) is 64.2 Å². The number of carbonyl (C=O) groups excluding carboxylic acids is 1. The van der Waals surface area contributed by atoms with E-state index in [9.17, 15) is 13.2 Å². The summed E-state index contributed by atoms with van der Waals surface area (Å²) in [6.07, 6.45) is 0. The number of piperazine rings is 1. The molecule has 0 saturated carbocycles. The summed E-state index contributed by atoms with van der Waals surface area (Å²) in [5.74, 6) is -0.345. The lowest BCUT2D eigenvalue weighted by atomic mass is 10.0. The van der Waals surface area contributed by atoms with Gasteiger partial charge < -0.3 is 5.32 Å². The van der Waals surface area contributed by atoms with E-state index in [4.69, 9.17) is 11.6 Å². The van der Waals surface area contributed by atoms with Gasteiger partial charge in [-0.15, -0.1) is 0 Å². The molecular formula is C18H19ClN2O3S. The topological polar surface area (TPSA) is 66.5 Å². The summed E-state index contributed by atoms with van der Waals surface area (Å²) in [6, 6.07) is 11.1. The SMILES string of the molecule is Cc1ccc(C)c(S(=O)(=O)N2CCNC(=O)C2c2cccc(Cl)c2)c1. The van der Waals surface area contributed by atoms with Crippen molar-refractivity contribution >= 4 is 27.5 Å². The quantitative estimate of drug-likeness (QED) is 0.893. The molecule has 7 heteroatoms. The first-order valence-electron chi connectivity index (χ1n) is 7.93. The molecule has 1 N–H and O–H groups in total. The molecule has 1 heterocycles. The highest BCUT2D eigenvalue weighted by Gasteiger charge is 2.40. The Morgan fingerprint density at radius 3 is 2.64 bits per heavy atom. The zero-order valence-electron chi connectivity index (χ0n) is 14.0. The van der Waals surface area contributed by atoms with E-state index in [1.165, 1.54) is 4.31 Å². The smallest absolute Gasteiger partial charge is 0.244 e. The first-order valence-corrected chi connectivity index (χ1v) is 9.75. The van der Waals surface area contributed by atoms with Gasteiger partial charge in [0.2, 0.25) is 15.9 Å². The Balaban J connectivity index is 2.12. The molecule has 2 aromatic rings. The largest absolute Gasteiger partial charge is 0.353 e. The van der Waals surface area contributed by atoms with Gasteiger partial charge in [-0.1, -0.05) is 35.9 Å². The van der Waals surface area contributed by atoms with Crippen LogP contribution in [0.5, 0.6) is 0 Å². The Hall–Kier alpha value is -1.89. The molecule has 1 unspecified atom stereocenters. The zero-order valence-corrected chi connectivity index (χ0v) is 15.6. The van der Waals surface area contributed by atoms with E-state index in [0.29, 0.717) is 16.1 Å². The fourth-order valence-electron chi connectivity index (χ4n) is 3.01. The van der Waals surface area contributed by atoms with Gasteiger partial charge in [-0.2, -0.15) is 4.31 Å². The first-order chi connectivity index (χ1) is 11.8. The van der Waals surface area contributed by atoms with E-state index in [1.54, 1.807) is 43.3 Å². The molecule has 5 nitrogen and oxygen atoms in total. The highest BCUT2D eigenvalue weighted by atomic mass is 35.5. The minimum absolute atomic E-state index is 0.207.